The zero-order chi connectivity index (χ0) is 19.2. The molecule has 146 valence electrons. The summed E-state index contributed by atoms with van der Waals surface area (Å²) in [6.45, 7) is 8.37. The minimum atomic E-state index is -3.75. The van der Waals surface area contributed by atoms with E-state index in [0.29, 0.717) is 31.7 Å². The lowest BCUT2D eigenvalue weighted by Gasteiger charge is -2.22. The van der Waals surface area contributed by atoms with Crippen LogP contribution in [0.1, 0.15) is 37.0 Å². The zero-order valence-electron chi connectivity index (χ0n) is 15.8. The Kier molecular flexibility index (Phi) is 7.43. The van der Waals surface area contributed by atoms with Crippen LogP contribution in [0.5, 0.6) is 5.75 Å². The first-order chi connectivity index (χ1) is 12.4. The van der Waals surface area contributed by atoms with Crippen molar-refractivity contribution >= 4 is 15.9 Å². The Labute approximate surface area is 156 Å². The molecule has 1 saturated heterocycles. The van der Waals surface area contributed by atoms with Gasteiger partial charge < -0.3 is 9.64 Å². The average molecular weight is 384 g/mol. The third-order valence-corrected chi connectivity index (χ3v) is 5.72. The largest absolute Gasteiger partial charge is 0.495 e. The van der Waals surface area contributed by atoms with E-state index in [2.05, 4.69) is 9.62 Å². The van der Waals surface area contributed by atoms with Gasteiger partial charge in [0.2, 0.25) is 10.0 Å². The fourth-order valence-electron chi connectivity index (χ4n) is 2.77. The number of hydrogen-bond acceptors (Lipinski definition) is 5. The molecule has 0 atom stereocenters. The minimum Gasteiger partial charge on any atom is -0.495 e. The van der Waals surface area contributed by atoms with Crippen molar-refractivity contribution in [1.82, 2.24) is 14.5 Å². The van der Waals surface area contributed by atoms with E-state index in [1.165, 1.54) is 13.2 Å². The number of nitrogens with zero attached hydrogens (tertiary/aromatic N) is 2. The van der Waals surface area contributed by atoms with Crippen LogP contribution in [0.2, 0.25) is 0 Å². The minimum absolute atomic E-state index is 0.00425. The number of ether oxygens (including phenoxy) is 1. The normalized spacial score (nSPS) is 14.3. The van der Waals surface area contributed by atoms with Crippen LogP contribution < -0.4 is 9.46 Å². The molecule has 2 rings (SSSR count). The lowest BCUT2D eigenvalue weighted by Crippen LogP contribution is -2.33. The second-order valence-electron chi connectivity index (χ2n) is 6.40. The Bertz CT molecular complexity index is 711. The van der Waals surface area contributed by atoms with Gasteiger partial charge in [0.25, 0.3) is 5.91 Å². The highest BCUT2D eigenvalue weighted by Gasteiger charge is 2.24. The highest BCUT2D eigenvalue weighted by Crippen LogP contribution is 2.25. The lowest BCUT2D eigenvalue weighted by atomic mass is 10.1. The van der Waals surface area contributed by atoms with Gasteiger partial charge >= 0.3 is 0 Å². The molecule has 0 aromatic heterocycles. The molecule has 1 aromatic carbocycles. The molecule has 0 spiro atoms. The first kappa shape index (κ1) is 20.7. The van der Waals surface area contributed by atoms with Gasteiger partial charge in [-0.3, -0.25) is 9.69 Å². The van der Waals surface area contributed by atoms with E-state index >= 15 is 0 Å². The van der Waals surface area contributed by atoms with Gasteiger partial charge in [0.15, 0.2) is 0 Å². The van der Waals surface area contributed by atoms with Crippen molar-refractivity contribution in [3.05, 3.63) is 23.8 Å². The average Bonchev–Trinajstić information content (AvgIpc) is 3.44. The molecule has 0 saturated carbocycles. The van der Waals surface area contributed by atoms with Crippen molar-refractivity contribution in [1.29, 1.82) is 0 Å². The van der Waals surface area contributed by atoms with Crippen molar-refractivity contribution in [2.45, 2.75) is 31.6 Å². The van der Waals surface area contributed by atoms with E-state index in [4.69, 9.17) is 4.74 Å². The number of nitrogens with one attached hydrogen (secondary N) is 1. The quantitative estimate of drug-likeness (QED) is 0.587. The van der Waals surface area contributed by atoms with Crippen LogP contribution in [-0.2, 0) is 10.0 Å². The number of carbonyl (C=O) groups is 1. The number of carbonyl (C=O) groups excluding carboxylic acids is 1. The van der Waals surface area contributed by atoms with Gasteiger partial charge in [-0.1, -0.05) is 13.8 Å². The topological polar surface area (TPSA) is 78.7 Å². The maximum atomic E-state index is 12.8. The van der Waals surface area contributed by atoms with Gasteiger partial charge in [0.05, 0.1) is 7.11 Å². The van der Waals surface area contributed by atoms with E-state index in [-0.39, 0.29) is 16.6 Å². The van der Waals surface area contributed by atoms with E-state index in [9.17, 15) is 13.2 Å². The van der Waals surface area contributed by atoms with Crippen LogP contribution >= 0.6 is 0 Å². The summed E-state index contributed by atoms with van der Waals surface area (Å²) in [5.74, 6) is 0.0789. The van der Waals surface area contributed by atoms with Crippen LogP contribution in [0.3, 0.4) is 0 Å². The number of benzene rings is 1. The van der Waals surface area contributed by atoms with Gasteiger partial charge in [-0.05, 0) is 31.0 Å². The van der Waals surface area contributed by atoms with Gasteiger partial charge in [-0.2, -0.15) is 0 Å². The Morgan fingerprint density at radius 3 is 2.42 bits per heavy atom. The third kappa shape index (κ3) is 5.43. The molecule has 1 aromatic rings. The van der Waals surface area contributed by atoms with Crippen molar-refractivity contribution in [3.63, 3.8) is 0 Å². The third-order valence-electron chi connectivity index (χ3n) is 4.23. The number of methoxy groups -OCH3 is 1. The molecule has 1 amide bonds. The highest BCUT2D eigenvalue weighted by molar-refractivity contribution is 7.89. The smallest absolute Gasteiger partial charge is 0.253 e. The predicted molar refractivity (Wildman–Crippen MR) is 101 cm³/mol. The Morgan fingerprint density at radius 2 is 1.88 bits per heavy atom. The SMILES string of the molecule is CCCN(CCC)C(=O)c1ccc(OC)c(S(=O)(=O)NCCN2CC2)c1. The fourth-order valence-corrected chi connectivity index (χ4v) is 3.98. The van der Waals surface area contributed by atoms with Crippen LogP contribution in [0.15, 0.2) is 23.1 Å². The Morgan fingerprint density at radius 1 is 1.23 bits per heavy atom. The summed E-state index contributed by atoms with van der Waals surface area (Å²) < 4.78 is 33.2. The molecule has 0 bridgehead atoms. The summed E-state index contributed by atoms with van der Waals surface area (Å²) in [6.07, 6.45) is 1.70. The first-order valence-electron chi connectivity index (χ1n) is 9.12. The molecule has 0 radical (unpaired) electrons. The molecule has 1 aliphatic heterocycles. The molecule has 8 heteroatoms. The van der Waals surface area contributed by atoms with Crippen LogP contribution in [0.4, 0.5) is 0 Å². The second-order valence-corrected chi connectivity index (χ2v) is 8.13. The van der Waals surface area contributed by atoms with E-state index in [1.807, 2.05) is 13.8 Å². The molecule has 1 N–H and O–H groups in total. The van der Waals surface area contributed by atoms with Gasteiger partial charge in [0, 0.05) is 44.8 Å². The van der Waals surface area contributed by atoms with Crippen molar-refractivity contribution < 1.29 is 17.9 Å². The van der Waals surface area contributed by atoms with Crippen molar-refractivity contribution in [2.24, 2.45) is 0 Å². The van der Waals surface area contributed by atoms with Crippen LogP contribution in [0.25, 0.3) is 0 Å². The summed E-state index contributed by atoms with van der Waals surface area (Å²) in [5.41, 5.74) is 0.360. The summed E-state index contributed by atoms with van der Waals surface area (Å²) in [5, 5.41) is 0. The molecule has 0 unspecified atom stereocenters. The van der Waals surface area contributed by atoms with Gasteiger partial charge in [0.1, 0.15) is 10.6 Å². The molecule has 7 nitrogen and oxygen atoms in total. The number of rotatable bonds is 11. The van der Waals surface area contributed by atoms with E-state index in [1.54, 1.807) is 17.0 Å². The molecule has 1 heterocycles. The molecule has 1 fully saturated rings. The lowest BCUT2D eigenvalue weighted by molar-refractivity contribution is 0.0755. The summed E-state index contributed by atoms with van der Waals surface area (Å²) in [6, 6.07) is 4.58. The summed E-state index contributed by atoms with van der Waals surface area (Å²) in [7, 11) is -2.33. The zero-order valence-corrected chi connectivity index (χ0v) is 16.6. The van der Waals surface area contributed by atoms with E-state index < -0.39 is 10.0 Å². The van der Waals surface area contributed by atoms with Crippen LogP contribution in [0, 0.1) is 0 Å². The maximum absolute atomic E-state index is 12.8. The summed E-state index contributed by atoms with van der Waals surface area (Å²) in [4.78, 5) is 16.7. The molecular weight excluding hydrogens is 354 g/mol. The molecule has 1 aliphatic rings. The van der Waals surface area contributed by atoms with Gasteiger partial charge in [-0.25, -0.2) is 13.1 Å². The van der Waals surface area contributed by atoms with Crippen molar-refractivity contribution in [3.8, 4) is 5.75 Å². The fraction of sp³-hybridized carbons (Fsp3) is 0.611. The number of amides is 1. The molecule has 0 aliphatic carbocycles. The first-order valence-corrected chi connectivity index (χ1v) is 10.6. The highest BCUT2D eigenvalue weighted by atomic mass is 32.2. The van der Waals surface area contributed by atoms with Gasteiger partial charge in [-0.15, -0.1) is 0 Å². The molecule has 26 heavy (non-hydrogen) atoms. The standard InChI is InChI=1S/C18H29N3O4S/c1-4-9-21(10-5-2)18(22)15-6-7-16(25-3)17(14-15)26(23,24)19-8-11-20-12-13-20/h6-7,14,19H,4-5,8-13H2,1-3H3. The Hall–Kier alpha value is -1.64. The van der Waals surface area contributed by atoms with E-state index in [0.717, 1.165) is 25.9 Å². The summed E-state index contributed by atoms with van der Waals surface area (Å²) >= 11 is 0. The Balaban J connectivity index is 2.24. The monoisotopic (exact) mass is 383 g/mol. The second kappa shape index (κ2) is 9.34. The number of sulfonamides is 1. The number of hydrogen-bond donors (Lipinski definition) is 1. The van der Waals surface area contributed by atoms with Crippen molar-refractivity contribution in [2.75, 3.05) is 46.4 Å². The maximum Gasteiger partial charge on any atom is 0.253 e. The van der Waals surface area contributed by atoms with Crippen LogP contribution in [-0.4, -0.2) is 70.5 Å². The predicted octanol–water partition coefficient (Wildman–Crippen LogP) is 1.55. The molecular formula is C18H29N3O4S.